The van der Waals surface area contributed by atoms with Gasteiger partial charge < -0.3 is 10.6 Å². The first-order valence-electron chi connectivity index (χ1n) is 7.22. The zero-order valence-electron chi connectivity index (χ0n) is 13.6. The van der Waals surface area contributed by atoms with Crippen LogP contribution in [0, 0.1) is 12.8 Å². The molecule has 2 N–H and O–H groups in total. The van der Waals surface area contributed by atoms with Gasteiger partial charge in [0, 0.05) is 25.3 Å². The Bertz CT molecular complexity index is 416. The maximum Gasteiger partial charge on any atom is 0.0432 e. The van der Waals surface area contributed by atoms with Crippen LogP contribution in [0.5, 0.6) is 0 Å². The van der Waals surface area contributed by atoms with Gasteiger partial charge in [-0.15, -0.1) is 0 Å². The summed E-state index contributed by atoms with van der Waals surface area (Å²) in [4.78, 5) is 2.34. The topological polar surface area (TPSA) is 29.3 Å². The molecule has 2 nitrogen and oxygen atoms in total. The molecule has 0 bridgehead atoms. The Hall–Kier alpha value is -1.02. The minimum atomic E-state index is 0.180. The predicted molar refractivity (Wildman–Crippen MR) is 86.0 cm³/mol. The van der Waals surface area contributed by atoms with E-state index in [2.05, 4.69) is 71.7 Å². The van der Waals surface area contributed by atoms with Gasteiger partial charge in [0.1, 0.15) is 0 Å². The molecule has 0 aliphatic heterocycles. The van der Waals surface area contributed by atoms with Crippen molar-refractivity contribution in [1.29, 1.82) is 0 Å². The molecule has 1 aromatic carbocycles. The lowest BCUT2D eigenvalue weighted by Crippen LogP contribution is -2.42. The van der Waals surface area contributed by atoms with Gasteiger partial charge in [0.25, 0.3) is 0 Å². The lowest BCUT2D eigenvalue weighted by molar-refractivity contribution is 0.479. The first-order chi connectivity index (χ1) is 8.68. The Balaban J connectivity index is 3.18. The Morgan fingerprint density at radius 1 is 1.21 bits per heavy atom. The van der Waals surface area contributed by atoms with E-state index in [1.54, 1.807) is 0 Å². The van der Waals surface area contributed by atoms with Crippen molar-refractivity contribution in [2.75, 3.05) is 18.5 Å². The van der Waals surface area contributed by atoms with Crippen LogP contribution in [0.15, 0.2) is 18.2 Å². The van der Waals surface area contributed by atoms with Crippen molar-refractivity contribution < 1.29 is 0 Å². The molecule has 0 heterocycles. The summed E-state index contributed by atoms with van der Waals surface area (Å²) in [5, 5.41) is 0. The molecule has 0 radical (unpaired) electrons. The second kappa shape index (κ2) is 5.96. The second-order valence-electron chi connectivity index (χ2n) is 6.91. The number of hydrogen-bond donors (Lipinski definition) is 1. The molecule has 0 saturated carbocycles. The third kappa shape index (κ3) is 3.73. The fraction of sp³-hybridized carbons (Fsp3) is 0.647. The lowest BCUT2D eigenvalue weighted by Gasteiger charge is -2.34. The van der Waals surface area contributed by atoms with E-state index in [1.165, 1.54) is 16.8 Å². The van der Waals surface area contributed by atoms with Gasteiger partial charge in [0.2, 0.25) is 0 Å². The molecule has 19 heavy (non-hydrogen) atoms. The van der Waals surface area contributed by atoms with E-state index in [4.69, 9.17) is 5.73 Å². The van der Waals surface area contributed by atoms with Crippen molar-refractivity contribution >= 4 is 5.69 Å². The third-order valence-electron chi connectivity index (χ3n) is 3.96. The summed E-state index contributed by atoms with van der Waals surface area (Å²) >= 11 is 0. The standard InChI is InChI=1S/C17H30N2/c1-12(2)16(11-18)19(7)15-10-14(17(4,5)6)9-8-13(15)3/h8-10,12,16H,11,18H2,1-7H3. The quantitative estimate of drug-likeness (QED) is 0.896. The highest BCUT2D eigenvalue weighted by Gasteiger charge is 2.21. The minimum absolute atomic E-state index is 0.180. The van der Waals surface area contributed by atoms with E-state index in [0.29, 0.717) is 18.5 Å². The average Bonchev–Trinajstić information content (AvgIpc) is 2.28. The Morgan fingerprint density at radius 3 is 2.21 bits per heavy atom. The molecule has 1 unspecified atom stereocenters. The molecule has 108 valence electrons. The molecular formula is C17H30N2. The second-order valence-corrected chi connectivity index (χ2v) is 6.91. The van der Waals surface area contributed by atoms with E-state index in [-0.39, 0.29) is 5.41 Å². The molecule has 0 saturated heterocycles. The van der Waals surface area contributed by atoms with Gasteiger partial charge in [-0.25, -0.2) is 0 Å². The summed E-state index contributed by atoms with van der Waals surface area (Å²) in [5.41, 5.74) is 10.1. The predicted octanol–water partition coefficient (Wildman–Crippen LogP) is 3.71. The molecular weight excluding hydrogens is 232 g/mol. The summed E-state index contributed by atoms with van der Waals surface area (Å²) in [5.74, 6) is 0.549. The van der Waals surface area contributed by atoms with Crippen molar-refractivity contribution in [3.05, 3.63) is 29.3 Å². The highest BCUT2D eigenvalue weighted by atomic mass is 15.1. The number of hydrogen-bond acceptors (Lipinski definition) is 2. The van der Waals surface area contributed by atoms with Crippen LogP contribution in [-0.2, 0) is 5.41 Å². The van der Waals surface area contributed by atoms with Crippen LogP contribution in [0.4, 0.5) is 5.69 Å². The summed E-state index contributed by atoms with van der Waals surface area (Å²) in [6.45, 7) is 14.1. The van der Waals surface area contributed by atoms with Gasteiger partial charge in [0.15, 0.2) is 0 Å². The van der Waals surface area contributed by atoms with Crippen LogP contribution in [-0.4, -0.2) is 19.6 Å². The first-order valence-corrected chi connectivity index (χ1v) is 7.22. The summed E-state index contributed by atoms with van der Waals surface area (Å²) in [6, 6.07) is 7.16. The van der Waals surface area contributed by atoms with Gasteiger partial charge in [-0.3, -0.25) is 0 Å². The molecule has 1 aromatic rings. The number of rotatable bonds is 4. The van der Waals surface area contributed by atoms with Gasteiger partial charge in [-0.05, 0) is 35.4 Å². The summed E-state index contributed by atoms with van der Waals surface area (Å²) < 4.78 is 0. The molecule has 1 atom stereocenters. The largest absolute Gasteiger partial charge is 0.370 e. The fourth-order valence-corrected chi connectivity index (χ4v) is 2.51. The molecule has 0 spiro atoms. The van der Waals surface area contributed by atoms with Crippen LogP contribution in [0.25, 0.3) is 0 Å². The van der Waals surface area contributed by atoms with Crippen molar-refractivity contribution in [2.24, 2.45) is 11.7 Å². The van der Waals surface area contributed by atoms with E-state index in [0.717, 1.165) is 0 Å². The van der Waals surface area contributed by atoms with Crippen LogP contribution in [0.2, 0.25) is 0 Å². The van der Waals surface area contributed by atoms with Crippen molar-refractivity contribution in [3.8, 4) is 0 Å². The molecule has 0 aromatic heterocycles. The van der Waals surface area contributed by atoms with Gasteiger partial charge >= 0.3 is 0 Å². The van der Waals surface area contributed by atoms with Gasteiger partial charge in [-0.2, -0.15) is 0 Å². The van der Waals surface area contributed by atoms with Gasteiger partial charge in [0.05, 0.1) is 0 Å². The van der Waals surface area contributed by atoms with Crippen molar-refractivity contribution in [1.82, 2.24) is 0 Å². The third-order valence-corrected chi connectivity index (χ3v) is 3.96. The zero-order valence-corrected chi connectivity index (χ0v) is 13.6. The number of aryl methyl sites for hydroxylation is 1. The number of anilines is 1. The van der Waals surface area contributed by atoms with E-state index in [9.17, 15) is 0 Å². The summed E-state index contributed by atoms with van der Waals surface area (Å²) in [7, 11) is 2.16. The fourth-order valence-electron chi connectivity index (χ4n) is 2.51. The van der Waals surface area contributed by atoms with Gasteiger partial charge in [-0.1, -0.05) is 46.8 Å². The number of benzene rings is 1. The average molecular weight is 262 g/mol. The molecule has 2 heteroatoms. The Kier molecular flexibility index (Phi) is 5.03. The molecule has 0 amide bonds. The molecule has 0 aliphatic carbocycles. The maximum atomic E-state index is 5.94. The van der Waals surface area contributed by atoms with E-state index in [1.807, 2.05) is 0 Å². The number of nitrogens with two attached hydrogens (primary N) is 1. The SMILES string of the molecule is Cc1ccc(C(C)(C)C)cc1N(C)C(CN)C(C)C. The minimum Gasteiger partial charge on any atom is -0.370 e. The molecule has 0 aliphatic rings. The normalized spacial score (nSPS) is 13.7. The molecule has 1 rings (SSSR count). The lowest BCUT2D eigenvalue weighted by atomic mass is 9.86. The van der Waals surface area contributed by atoms with Crippen LogP contribution in [0.3, 0.4) is 0 Å². The van der Waals surface area contributed by atoms with E-state index >= 15 is 0 Å². The van der Waals surface area contributed by atoms with E-state index < -0.39 is 0 Å². The van der Waals surface area contributed by atoms with Crippen LogP contribution < -0.4 is 10.6 Å². The van der Waals surface area contributed by atoms with Crippen LogP contribution >= 0.6 is 0 Å². The highest BCUT2D eigenvalue weighted by Crippen LogP contribution is 2.30. The Morgan fingerprint density at radius 2 is 1.79 bits per heavy atom. The summed E-state index contributed by atoms with van der Waals surface area (Å²) in [6.07, 6.45) is 0. The zero-order chi connectivity index (χ0) is 14.8. The first kappa shape index (κ1) is 16.0. The maximum absolute atomic E-state index is 5.94. The van der Waals surface area contributed by atoms with Crippen molar-refractivity contribution in [2.45, 2.75) is 53.0 Å². The highest BCUT2D eigenvalue weighted by molar-refractivity contribution is 5.56. The smallest absolute Gasteiger partial charge is 0.0432 e. The van der Waals surface area contributed by atoms with Crippen LogP contribution in [0.1, 0.15) is 45.7 Å². The Labute approximate surface area is 119 Å². The van der Waals surface area contributed by atoms with Crippen molar-refractivity contribution in [3.63, 3.8) is 0 Å². The monoisotopic (exact) mass is 262 g/mol. The number of nitrogens with zero attached hydrogens (tertiary/aromatic N) is 1. The number of likely N-dealkylation sites (N-methyl/N-ethyl adjacent to an activating group) is 1. The molecule has 0 fully saturated rings.